The Bertz CT molecular complexity index is 376. The number of rotatable bonds is 4. The zero-order valence-corrected chi connectivity index (χ0v) is 11.1. The number of carbonyl (C=O) groups excluding carboxylic acids is 1. The van der Waals surface area contributed by atoms with Gasteiger partial charge < -0.3 is 15.2 Å². The highest BCUT2D eigenvalue weighted by Gasteiger charge is 2.27. The Morgan fingerprint density at radius 3 is 3.17 bits per heavy atom. The van der Waals surface area contributed by atoms with Crippen molar-refractivity contribution in [3.63, 3.8) is 0 Å². The van der Waals surface area contributed by atoms with Gasteiger partial charge in [-0.1, -0.05) is 0 Å². The van der Waals surface area contributed by atoms with E-state index in [-0.39, 0.29) is 23.9 Å². The highest BCUT2D eigenvalue weighted by atomic mass is 16.2. The molecule has 2 heterocycles. The lowest BCUT2D eigenvalue weighted by Crippen LogP contribution is -2.49. The Kier molecular flexibility index (Phi) is 4.36. The summed E-state index contributed by atoms with van der Waals surface area (Å²) in [7, 11) is 0. The summed E-state index contributed by atoms with van der Waals surface area (Å²) in [4.78, 5) is 16.2. The Labute approximate surface area is 108 Å². The van der Waals surface area contributed by atoms with Crippen molar-refractivity contribution < 1.29 is 4.79 Å². The molecular formula is C13H22N4O. The summed E-state index contributed by atoms with van der Waals surface area (Å²) >= 11 is 0. The largest absolute Gasteiger partial charge is 0.352 e. The fourth-order valence-electron chi connectivity index (χ4n) is 2.51. The molecule has 3 unspecified atom stereocenters. The standard InChI is InChI=1S/C13H22N4O/c1-10(8-17-7-6-14-9-17)16-13(18)12-4-3-5-15-11(12)2/h6-7,9-12,15H,3-5,8H2,1-2H3,(H,16,18). The summed E-state index contributed by atoms with van der Waals surface area (Å²) in [6.07, 6.45) is 7.50. The number of hydrogen-bond acceptors (Lipinski definition) is 3. The molecule has 5 nitrogen and oxygen atoms in total. The van der Waals surface area contributed by atoms with Crippen LogP contribution in [0.15, 0.2) is 18.7 Å². The molecule has 3 atom stereocenters. The van der Waals surface area contributed by atoms with Gasteiger partial charge in [-0.15, -0.1) is 0 Å². The highest BCUT2D eigenvalue weighted by Crippen LogP contribution is 2.16. The van der Waals surface area contributed by atoms with Crippen LogP contribution in [0.2, 0.25) is 0 Å². The first-order valence-electron chi connectivity index (χ1n) is 6.66. The molecule has 0 spiro atoms. The molecule has 0 bridgehead atoms. The van der Waals surface area contributed by atoms with E-state index in [9.17, 15) is 4.79 Å². The smallest absolute Gasteiger partial charge is 0.224 e. The molecule has 1 amide bonds. The normalized spacial score (nSPS) is 25.7. The highest BCUT2D eigenvalue weighted by molar-refractivity contribution is 5.79. The van der Waals surface area contributed by atoms with E-state index in [0.29, 0.717) is 0 Å². The SMILES string of the molecule is CC(Cn1ccnc1)NC(=O)C1CCCNC1C. The minimum Gasteiger partial charge on any atom is -0.352 e. The Morgan fingerprint density at radius 1 is 1.67 bits per heavy atom. The van der Waals surface area contributed by atoms with Crippen LogP contribution in [-0.2, 0) is 11.3 Å². The molecule has 0 saturated carbocycles. The number of amides is 1. The monoisotopic (exact) mass is 250 g/mol. The molecule has 1 aliphatic rings. The maximum absolute atomic E-state index is 12.2. The molecule has 1 saturated heterocycles. The van der Waals surface area contributed by atoms with Crippen molar-refractivity contribution in [1.29, 1.82) is 0 Å². The Hall–Kier alpha value is -1.36. The summed E-state index contributed by atoms with van der Waals surface area (Å²) in [5, 5.41) is 6.45. The van der Waals surface area contributed by atoms with E-state index in [2.05, 4.69) is 22.5 Å². The van der Waals surface area contributed by atoms with E-state index < -0.39 is 0 Å². The quantitative estimate of drug-likeness (QED) is 0.830. The van der Waals surface area contributed by atoms with Crippen LogP contribution in [0.5, 0.6) is 0 Å². The van der Waals surface area contributed by atoms with Gasteiger partial charge in [0.25, 0.3) is 0 Å². The van der Waals surface area contributed by atoms with Gasteiger partial charge in [0, 0.05) is 31.0 Å². The molecule has 1 aromatic rings. The minimum atomic E-state index is 0.101. The van der Waals surface area contributed by atoms with Crippen molar-refractivity contribution in [3.8, 4) is 0 Å². The lowest BCUT2D eigenvalue weighted by molar-refractivity contribution is -0.127. The van der Waals surface area contributed by atoms with E-state index in [1.165, 1.54) is 0 Å². The summed E-state index contributed by atoms with van der Waals surface area (Å²) in [5.41, 5.74) is 0. The second-order valence-electron chi connectivity index (χ2n) is 5.16. The summed E-state index contributed by atoms with van der Waals surface area (Å²) in [6, 6.07) is 0.403. The van der Waals surface area contributed by atoms with Crippen LogP contribution in [-0.4, -0.2) is 34.1 Å². The van der Waals surface area contributed by atoms with Gasteiger partial charge in [-0.3, -0.25) is 4.79 Å². The number of nitrogens with one attached hydrogen (secondary N) is 2. The third kappa shape index (κ3) is 3.32. The van der Waals surface area contributed by atoms with Crippen LogP contribution in [0.1, 0.15) is 26.7 Å². The number of aromatic nitrogens is 2. The van der Waals surface area contributed by atoms with Crippen molar-refractivity contribution in [3.05, 3.63) is 18.7 Å². The van der Waals surface area contributed by atoms with Crippen LogP contribution >= 0.6 is 0 Å². The van der Waals surface area contributed by atoms with Crippen LogP contribution in [0.4, 0.5) is 0 Å². The van der Waals surface area contributed by atoms with Crippen molar-refractivity contribution >= 4 is 5.91 Å². The lowest BCUT2D eigenvalue weighted by atomic mass is 9.91. The second-order valence-corrected chi connectivity index (χ2v) is 5.16. The molecule has 1 aromatic heterocycles. The average molecular weight is 250 g/mol. The van der Waals surface area contributed by atoms with E-state index in [1.54, 1.807) is 12.5 Å². The predicted molar refractivity (Wildman–Crippen MR) is 70.0 cm³/mol. The first-order valence-corrected chi connectivity index (χ1v) is 6.66. The third-order valence-electron chi connectivity index (χ3n) is 3.53. The van der Waals surface area contributed by atoms with Gasteiger partial charge in [-0.05, 0) is 33.2 Å². The van der Waals surface area contributed by atoms with Gasteiger partial charge in [-0.25, -0.2) is 4.98 Å². The maximum atomic E-state index is 12.2. The second kappa shape index (κ2) is 6.00. The summed E-state index contributed by atoms with van der Waals surface area (Å²) in [6.45, 7) is 5.90. The van der Waals surface area contributed by atoms with Crippen LogP contribution in [0, 0.1) is 5.92 Å². The molecule has 2 N–H and O–H groups in total. The number of hydrogen-bond donors (Lipinski definition) is 2. The Balaban J connectivity index is 1.82. The number of carbonyl (C=O) groups is 1. The lowest BCUT2D eigenvalue weighted by Gasteiger charge is -2.30. The minimum absolute atomic E-state index is 0.101. The zero-order chi connectivity index (χ0) is 13.0. The number of imidazole rings is 1. The first kappa shape index (κ1) is 13.1. The van der Waals surface area contributed by atoms with Gasteiger partial charge >= 0.3 is 0 Å². The molecule has 0 radical (unpaired) electrons. The average Bonchev–Trinajstić information content (AvgIpc) is 2.82. The fraction of sp³-hybridized carbons (Fsp3) is 0.692. The van der Waals surface area contributed by atoms with Crippen LogP contribution in [0.25, 0.3) is 0 Å². The molecule has 1 aliphatic heterocycles. The summed E-state index contributed by atoms with van der Waals surface area (Å²) < 4.78 is 1.98. The number of piperidine rings is 1. The molecule has 1 fully saturated rings. The van der Waals surface area contributed by atoms with Crippen LogP contribution < -0.4 is 10.6 Å². The molecule has 5 heteroatoms. The molecule has 100 valence electrons. The maximum Gasteiger partial charge on any atom is 0.224 e. The summed E-state index contributed by atoms with van der Waals surface area (Å²) in [5.74, 6) is 0.270. The molecule has 0 aromatic carbocycles. The predicted octanol–water partition coefficient (Wildman–Crippen LogP) is 0.776. The van der Waals surface area contributed by atoms with Crippen molar-refractivity contribution in [2.45, 2.75) is 45.3 Å². The van der Waals surface area contributed by atoms with Gasteiger partial charge in [-0.2, -0.15) is 0 Å². The van der Waals surface area contributed by atoms with Crippen molar-refractivity contribution in [2.75, 3.05) is 6.54 Å². The zero-order valence-electron chi connectivity index (χ0n) is 11.1. The Morgan fingerprint density at radius 2 is 2.50 bits per heavy atom. The van der Waals surface area contributed by atoms with E-state index in [4.69, 9.17) is 0 Å². The van der Waals surface area contributed by atoms with E-state index >= 15 is 0 Å². The molecule has 0 aliphatic carbocycles. The number of nitrogens with zero attached hydrogens (tertiary/aromatic N) is 2. The molecule has 18 heavy (non-hydrogen) atoms. The first-order chi connectivity index (χ1) is 8.66. The van der Waals surface area contributed by atoms with Gasteiger partial charge in [0.05, 0.1) is 12.2 Å². The molecular weight excluding hydrogens is 228 g/mol. The van der Waals surface area contributed by atoms with Crippen molar-refractivity contribution in [1.82, 2.24) is 20.2 Å². The topological polar surface area (TPSA) is 59.0 Å². The third-order valence-corrected chi connectivity index (χ3v) is 3.53. The van der Waals surface area contributed by atoms with Gasteiger partial charge in [0.1, 0.15) is 0 Å². The van der Waals surface area contributed by atoms with E-state index in [0.717, 1.165) is 25.9 Å². The van der Waals surface area contributed by atoms with Crippen molar-refractivity contribution in [2.24, 2.45) is 5.92 Å². The van der Waals surface area contributed by atoms with Gasteiger partial charge in [0.2, 0.25) is 5.91 Å². The van der Waals surface area contributed by atoms with Gasteiger partial charge in [0.15, 0.2) is 0 Å². The fourth-order valence-corrected chi connectivity index (χ4v) is 2.51. The van der Waals surface area contributed by atoms with E-state index in [1.807, 2.05) is 17.7 Å². The van der Waals surface area contributed by atoms with Crippen LogP contribution in [0.3, 0.4) is 0 Å². The molecule has 2 rings (SSSR count).